The van der Waals surface area contributed by atoms with Crippen LogP contribution in [0.1, 0.15) is 35.8 Å². The highest BCUT2D eigenvalue weighted by molar-refractivity contribution is 5.55. The Hall–Kier alpha value is -2.80. The van der Waals surface area contributed by atoms with E-state index < -0.39 is 0 Å². The Bertz CT molecular complexity index is 847. The van der Waals surface area contributed by atoms with Gasteiger partial charge in [-0.05, 0) is 38.4 Å². The van der Waals surface area contributed by atoms with Crippen molar-refractivity contribution >= 4 is 11.6 Å². The molecule has 0 amide bonds. The second-order valence-electron chi connectivity index (χ2n) is 6.73. The van der Waals surface area contributed by atoms with Crippen molar-refractivity contribution in [3.05, 3.63) is 60.2 Å². The van der Waals surface area contributed by atoms with E-state index in [0.29, 0.717) is 5.92 Å². The van der Waals surface area contributed by atoms with E-state index in [0.717, 1.165) is 61.2 Å². The number of nitrogens with zero attached hydrogens (tertiary/aromatic N) is 5. The number of hydrogen-bond acceptors (Lipinski definition) is 6. The van der Waals surface area contributed by atoms with Gasteiger partial charge >= 0.3 is 0 Å². The summed E-state index contributed by atoms with van der Waals surface area (Å²) in [6, 6.07) is 5.93. The van der Waals surface area contributed by atoms with E-state index in [9.17, 15) is 0 Å². The van der Waals surface area contributed by atoms with Crippen molar-refractivity contribution in [2.24, 2.45) is 0 Å². The number of rotatable bonds is 5. The zero-order valence-electron chi connectivity index (χ0n) is 14.9. The Labute approximate surface area is 152 Å². The van der Waals surface area contributed by atoms with E-state index in [1.807, 2.05) is 31.3 Å². The topological polar surface area (TPSA) is 82.6 Å². The van der Waals surface area contributed by atoms with E-state index in [2.05, 4.69) is 35.1 Å². The van der Waals surface area contributed by atoms with Crippen LogP contribution in [0.5, 0.6) is 0 Å². The summed E-state index contributed by atoms with van der Waals surface area (Å²) in [6.07, 6.45) is 9.40. The second-order valence-corrected chi connectivity index (χ2v) is 6.73. The number of anilines is 2. The minimum Gasteiger partial charge on any atom is -0.347 e. The van der Waals surface area contributed by atoms with Gasteiger partial charge in [0, 0.05) is 49.0 Å². The van der Waals surface area contributed by atoms with Gasteiger partial charge in [0.2, 0.25) is 0 Å². The van der Waals surface area contributed by atoms with Crippen LogP contribution in [0.4, 0.5) is 11.6 Å². The van der Waals surface area contributed by atoms with Crippen molar-refractivity contribution in [1.29, 1.82) is 0 Å². The lowest BCUT2D eigenvalue weighted by Crippen LogP contribution is -2.34. The van der Waals surface area contributed by atoms with Crippen molar-refractivity contribution in [2.75, 3.05) is 18.4 Å². The van der Waals surface area contributed by atoms with Crippen molar-refractivity contribution in [1.82, 2.24) is 29.8 Å². The van der Waals surface area contributed by atoms with Gasteiger partial charge in [-0.1, -0.05) is 6.07 Å². The van der Waals surface area contributed by atoms with Gasteiger partial charge in [0.15, 0.2) is 5.82 Å². The fourth-order valence-corrected chi connectivity index (χ4v) is 3.51. The molecule has 1 atom stereocenters. The molecule has 4 heterocycles. The molecule has 0 saturated carbocycles. The lowest BCUT2D eigenvalue weighted by molar-refractivity contribution is 0.197. The van der Waals surface area contributed by atoms with E-state index in [1.54, 1.807) is 18.7 Å². The SMILES string of the molecule is Cc1cccc(Nc2nccnc2[C@H]2CCCN(Cc3cnc[nH]3)C2)n1. The van der Waals surface area contributed by atoms with Crippen molar-refractivity contribution in [3.63, 3.8) is 0 Å². The van der Waals surface area contributed by atoms with E-state index in [1.165, 1.54) is 0 Å². The first-order valence-corrected chi connectivity index (χ1v) is 8.99. The Kier molecular flexibility index (Phi) is 4.88. The summed E-state index contributed by atoms with van der Waals surface area (Å²) in [5.74, 6) is 1.96. The lowest BCUT2D eigenvalue weighted by Gasteiger charge is -2.32. The highest BCUT2D eigenvalue weighted by Crippen LogP contribution is 2.30. The molecule has 0 unspecified atom stereocenters. The maximum Gasteiger partial charge on any atom is 0.153 e. The molecule has 0 spiro atoms. The first kappa shape index (κ1) is 16.7. The summed E-state index contributed by atoms with van der Waals surface area (Å²) in [6.45, 7) is 4.93. The van der Waals surface area contributed by atoms with Gasteiger partial charge in [-0.2, -0.15) is 0 Å². The summed E-state index contributed by atoms with van der Waals surface area (Å²) in [4.78, 5) is 23.5. The van der Waals surface area contributed by atoms with Gasteiger partial charge in [-0.25, -0.2) is 15.0 Å². The van der Waals surface area contributed by atoms with E-state index >= 15 is 0 Å². The van der Waals surface area contributed by atoms with Gasteiger partial charge in [0.1, 0.15) is 5.82 Å². The zero-order valence-corrected chi connectivity index (χ0v) is 14.9. The molecule has 1 aliphatic rings. The van der Waals surface area contributed by atoms with Gasteiger partial charge in [-0.15, -0.1) is 0 Å². The molecule has 0 bridgehead atoms. The molecular formula is C19H23N7. The minimum atomic E-state index is 0.354. The molecule has 26 heavy (non-hydrogen) atoms. The van der Waals surface area contributed by atoms with Gasteiger partial charge in [-0.3, -0.25) is 9.88 Å². The molecule has 4 rings (SSSR count). The third-order valence-electron chi connectivity index (χ3n) is 4.70. The molecular weight excluding hydrogens is 326 g/mol. The van der Waals surface area contributed by atoms with Gasteiger partial charge < -0.3 is 10.3 Å². The zero-order chi connectivity index (χ0) is 17.8. The summed E-state index contributed by atoms with van der Waals surface area (Å²) in [5, 5.41) is 3.35. The van der Waals surface area contributed by atoms with Crippen molar-refractivity contribution < 1.29 is 0 Å². The number of H-pyrrole nitrogens is 1. The molecule has 1 aliphatic heterocycles. The van der Waals surface area contributed by atoms with Crippen LogP contribution in [0.25, 0.3) is 0 Å². The summed E-state index contributed by atoms with van der Waals surface area (Å²) < 4.78 is 0. The maximum absolute atomic E-state index is 4.65. The monoisotopic (exact) mass is 349 g/mol. The Morgan fingerprint density at radius 2 is 2.19 bits per heavy atom. The van der Waals surface area contributed by atoms with Crippen molar-refractivity contribution in [3.8, 4) is 0 Å². The fourth-order valence-electron chi connectivity index (χ4n) is 3.51. The molecule has 0 radical (unpaired) electrons. The van der Waals surface area contributed by atoms with E-state index in [4.69, 9.17) is 0 Å². The van der Waals surface area contributed by atoms with Crippen LogP contribution in [0.2, 0.25) is 0 Å². The average Bonchev–Trinajstić information content (AvgIpc) is 3.15. The summed E-state index contributed by atoms with van der Waals surface area (Å²) >= 11 is 0. The molecule has 2 N–H and O–H groups in total. The van der Waals surface area contributed by atoms with Crippen LogP contribution in [0.3, 0.4) is 0 Å². The summed E-state index contributed by atoms with van der Waals surface area (Å²) in [5.41, 5.74) is 3.14. The minimum absolute atomic E-state index is 0.354. The molecule has 0 aliphatic carbocycles. The number of nitrogens with one attached hydrogen (secondary N) is 2. The van der Waals surface area contributed by atoms with E-state index in [-0.39, 0.29) is 0 Å². The first-order valence-electron chi connectivity index (χ1n) is 8.99. The smallest absolute Gasteiger partial charge is 0.153 e. The molecule has 0 aromatic carbocycles. The van der Waals surface area contributed by atoms with Crippen molar-refractivity contribution in [2.45, 2.75) is 32.2 Å². The fraction of sp³-hybridized carbons (Fsp3) is 0.368. The number of piperidine rings is 1. The maximum atomic E-state index is 4.65. The lowest BCUT2D eigenvalue weighted by atomic mass is 9.94. The second kappa shape index (κ2) is 7.61. The standard InChI is InChI=1S/C19H23N7/c1-14-4-2-6-17(24-14)25-19-18(21-7-8-22-19)15-5-3-9-26(11-15)12-16-10-20-13-23-16/h2,4,6-8,10,13,15H,3,5,9,11-12H2,1H3,(H,20,23)(H,22,24,25)/t15-/m0/s1. The van der Waals surface area contributed by atoms with Gasteiger partial charge in [0.05, 0.1) is 12.0 Å². The highest BCUT2D eigenvalue weighted by atomic mass is 15.1. The number of hydrogen-bond donors (Lipinski definition) is 2. The average molecular weight is 349 g/mol. The molecule has 7 nitrogen and oxygen atoms in total. The molecule has 3 aromatic rings. The molecule has 1 fully saturated rings. The Morgan fingerprint density at radius 3 is 3.04 bits per heavy atom. The number of aromatic nitrogens is 5. The molecule has 1 saturated heterocycles. The number of aryl methyl sites for hydroxylation is 1. The third kappa shape index (κ3) is 3.88. The van der Waals surface area contributed by atoms with Gasteiger partial charge in [0.25, 0.3) is 0 Å². The quantitative estimate of drug-likeness (QED) is 0.737. The number of likely N-dealkylation sites (tertiary alicyclic amines) is 1. The molecule has 7 heteroatoms. The van der Waals surface area contributed by atoms with Crippen LogP contribution in [0, 0.1) is 6.92 Å². The molecule has 3 aromatic heterocycles. The third-order valence-corrected chi connectivity index (χ3v) is 4.70. The number of aromatic amines is 1. The Morgan fingerprint density at radius 1 is 1.27 bits per heavy atom. The molecule has 134 valence electrons. The largest absolute Gasteiger partial charge is 0.347 e. The first-order chi connectivity index (χ1) is 12.8. The van der Waals surface area contributed by atoms with Crippen LogP contribution < -0.4 is 5.32 Å². The predicted octanol–water partition coefficient (Wildman–Crippen LogP) is 3.03. The number of imidazole rings is 1. The number of pyridine rings is 1. The summed E-state index contributed by atoms with van der Waals surface area (Å²) in [7, 11) is 0. The van der Waals surface area contributed by atoms with Crippen LogP contribution >= 0.6 is 0 Å². The van der Waals surface area contributed by atoms with Crippen LogP contribution in [-0.2, 0) is 6.54 Å². The normalized spacial score (nSPS) is 18.0. The van der Waals surface area contributed by atoms with Crippen LogP contribution in [-0.4, -0.2) is 42.9 Å². The van der Waals surface area contributed by atoms with Crippen LogP contribution in [0.15, 0.2) is 43.1 Å². The Balaban J connectivity index is 1.51. The predicted molar refractivity (Wildman–Crippen MR) is 100 cm³/mol. The highest BCUT2D eigenvalue weighted by Gasteiger charge is 2.25.